The molecule has 7 nitrogen and oxygen atoms in total. The Hall–Kier alpha value is -3.06. The third-order valence-electron chi connectivity index (χ3n) is 4.13. The molecule has 3 rings (SSSR count). The van der Waals surface area contributed by atoms with E-state index in [9.17, 15) is 4.79 Å². The van der Waals surface area contributed by atoms with E-state index in [1.807, 2.05) is 12.1 Å². The molecule has 0 atom stereocenters. The summed E-state index contributed by atoms with van der Waals surface area (Å²) < 4.78 is 12.1. The van der Waals surface area contributed by atoms with Crippen molar-refractivity contribution in [3.8, 4) is 22.9 Å². The minimum Gasteiger partial charge on any atom is -0.493 e. The van der Waals surface area contributed by atoms with Crippen LogP contribution in [0.1, 0.15) is 15.9 Å². The second kappa shape index (κ2) is 8.09. The van der Waals surface area contributed by atoms with Crippen molar-refractivity contribution in [2.45, 2.75) is 6.54 Å². The van der Waals surface area contributed by atoms with Crippen molar-refractivity contribution in [2.24, 2.45) is 7.05 Å². The summed E-state index contributed by atoms with van der Waals surface area (Å²) in [5.74, 6) is 1.35. The zero-order chi connectivity index (χ0) is 19.4. The fourth-order valence-corrected chi connectivity index (χ4v) is 3.05. The summed E-state index contributed by atoms with van der Waals surface area (Å²) in [5.41, 5.74) is 1.93. The predicted molar refractivity (Wildman–Crippen MR) is 102 cm³/mol. The van der Waals surface area contributed by atoms with E-state index in [1.54, 1.807) is 43.1 Å². The highest BCUT2D eigenvalue weighted by Gasteiger charge is 2.17. The maximum Gasteiger partial charge on any atom is 0.252 e. The predicted octanol–water partition coefficient (Wildman–Crippen LogP) is 3.08. The van der Waals surface area contributed by atoms with Gasteiger partial charge >= 0.3 is 0 Å². The van der Waals surface area contributed by atoms with E-state index in [0.717, 1.165) is 5.56 Å². The van der Waals surface area contributed by atoms with Crippen LogP contribution in [0.15, 0.2) is 42.7 Å². The van der Waals surface area contributed by atoms with Crippen molar-refractivity contribution in [1.82, 2.24) is 20.1 Å². The van der Waals surface area contributed by atoms with Crippen molar-refractivity contribution in [3.63, 3.8) is 0 Å². The number of methoxy groups -OCH3 is 2. The molecular formula is C19H19ClN4O3. The smallest absolute Gasteiger partial charge is 0.252 e. The molecule has 2 aromatic carbocycles. The van der Waals surface area contributed by atoms with Crippen LogP contribution in [0.5, 0.6) is 11.5 Å². The topological polar surface area (TPSA) is 78.3 Å². The van der Waals surface area contributed by atoms with Gasteiger partial charge < -0.3 is 14.8 Å². The third-order valence-corrected chi connectivity index (χ3v) is 4.54. The molecule has 8 heteroatoms. The van der Waals surface area contributed by atoms with Gasteiger partial charge in [0.2, 0.25) is 0 Å². The second-order valence-corrected chi connectivity index (χ2v) is 6.09. The van der Waals surface area contributed by atoms with Gasteiger partial charge in [-0.25, -0.2) is 9.67 Å². The summed E-state index contributed by atoms with van der Waals surface area (Å²) >= 11 is 6.38. The van der Waals surface area contributed by atoms with Crippen LogP contribution < -0.4 is 14.8 Å². The van der Waals surface area contributed by atoms with E-state index in [2.05, 4.69) is 15.4 Å². The van der Waals surface area contributed by atoms with E-state index >= 15 is 0 Å². The number of carbonyl (C=O) groups excluding carboxylic acids is 1. The molecule has 1 amide bonds. The Morgan fingerprint density at radius 1 is 1.19 bits per heavy atom. The molecule has 27 heavy (non-hydrogen) atoms. The molecule has 0 radical (unpaired) electrons. The number of amides is 1. The van der Waals surface area contributed by atoms with Gasteiger partial charge in [-0.3, -0.25) is 4.79 Å². The highest BCUT2D eigenvalue weighted by atomic mass is 35.5. The lowest BCUT2D eigenvalue weighted by molar-refractivity contribution is 0.0951. The molecule has 3 aromatic rings. The van der Waals surface area contributed by atoms with E-state index in [0.29, 0.717) is 33.5 Å². The maximum atomic E-state index is 12.8. The van der Waals surface area contributed by atoms with Crippen LogP contribution in [0.25, 0.3) is 11.4 Å². The first-order valence-corrected chi connectivity index (χ1v) is 8.55. The zero-order valence-corrected chi connectivity index (χ0v) is 15.9. The lowest BCUT2D eigenvalue weighted by Gasteiger charge is -2.14. The van der Waals surface area contributed by atoms with Crippen LogP contribution in [0.4, 0.5) is 0 Å². The average Bonchev–Trinajstić information content (AvgIpc) is 3.12. The summed E-state index contributed by atoms with van der Waals surface area (Å²) in [7, 11) is 4.84. The van der Waals surface area contributed by atoms with Crippen LogP contribution >= 0.6 is 11.6 Å². The number of aromatic nitrogens is 3. The lowest BCUT2D eigenvalue weighted by Crippen LogP contribution is -2.24. The van der Waals surface area contributed by atoms with Gasteiger partial charge in [0.25, 0.3) is 5.91 Å². The molecule has 1 heterocycles. The van der Waals surface area contributed by atoms with Gasteiger partial charge in [0.15, 0.2) is 17.3 Å². The molecule has 1 N–H and O–H groups in total. The molecular weight excluding hydrogens is 368 g/mol. The highest BCUT2D eigenvalue weighted by molar-refractivity contribution is 6.33. The number of hydrogen-bond acceptors (Lipinski definition) is 5. The maximum absolute atomic E-state index is 12.8. The van der Waals surface area contributed by atoms with E-state index in [4.69, 9.17) is 21.1 Å². The summed E-state index contributed by atoms with van der Waals surface area (Å²) in [6, 6.07) is 10.8. The number of aryl methyl sites for hydroxylation is 1. The van der Waals surface area contributed by atoms with Gasteiger partial charge in [0.05, 0.1) is 24.8 Å². The molecule has 0 saturated heterocycles. The molecule has 0 fully saturated rings. The van der Waals surface area contributed by atoms with Crippen molar-refractivity contribution >= 4 is 17.5 Å². The third kappa shape index (κ3) is 3.73. The Balaban J connectivity index is 1.83. The minimum atomic E-state index is -0.237. The van der Waals surface area contributed by atoms with E-state index in [1.165, 1.54) is 13.4 Å². The fourth-order valence-electron chi connectivity index (χ4n) is 2.75. The molecule has 0 aliphatic heterocycles. The highest BCUT2D eigenvalue weighted by Crippen LogP contribution is 2.37. The largest absolute Gasteiger partial charge is 0.493 e. The van der Waals surface area contributed by atoms with Crippen LogP contribution in [-0.4, -0.2) is 34.9 Å². The number of nitrogens with zero attached hydrogens (tertiary/aromatic N) is 3. The van der Waals surface area contributed by atoms with Crippen LogP contribution in [0.3, 0.4) is 0 Å². The number of ether oxygens (including phenoxy) is 2. The zero-order valence-electron chi connectivity index (χ0n) is 15.2. The Morgan fingerprint density at radius 2 is 1.96 bits per heavy atom. The van der Waals surface area contributed by atoms with Gasteiger partial charge in [0, 0.05) is 19.2 Å². The van der Waals surface area contributed by atoms with Crippen molar-refractivity contribution in [1.29, 1.82) is 0 Å². The standard InChI is InChI=1S/C19H19ClN4O3/c1-24-18(22-11-23-24)13-6-4-5-7-14(13)19(25)21-10-12-8-9-15(26-2)17(27-3)16(12)20/h4-9,11H,10H2,1-3H3,(H,21,25). The number of carbonyl (C=O) groups is 1. The minimum absolute atomic E-state index is 0.237. The van der Waals surface area contributed by atoms with Crippen LogP contribution in [0, 0.1) is 0 Å². The summed E-state index contributed by atoms with van der Waals surface area (Å²) in [6.07, 6.45) is 1.45. The molecule has 0 aliphatic carbocycles. The Kier molecular flexibility index (Phi) is 5.61. The SMILES string of the molecule is COc1ccc(CNC(=O)c2ccccc2-c2ncnn2C)c(Cl)c1OC. The Morgan fingerprint density at radius 3 is 2.63 bits per heavy atom. The van der Waals surface area contributed by atoms with Crippen LogP contribution in [-0.2, 0) is 13.6 Å². The normalized spacial score (nSPS) is 10.5. The quantitative estimate of drug-likeness (QED) is 0.704. The lowest BCUT2D eigenvalue weighted by atomic mass is 10.1. The first kappa shape index (κ1) is 18.7. The van der Waals surface area contributed by atoms with Gasteiger partial charge in [-0.2, -0.15) is 5.10 Å². The van der Waals surface area contributed by atoms with Gasteiger partial charge in [-0.05, 0) is 17.7 Å². The number of nitrogens with one attached hydrogen (secondary N) is 1. The molecule has 0 bridgehead atoms. The number of halogens is 1. The number of rotatable bonds is 6. The van der Waals surface area contributed by atoms with E-state index in [-0.39, 0.29) is 12.5 Å². The van der Waals surface area contributed by atoms with Gasteiger partial charge in [-0.1, -0.05) is 35.9 Å². The van der Waals surface area contributed by atoms with Crippen LogP contribution in [0.2, 0.25) is 5.02 Å². The number of benzene rings is 2. The first-order valence-electron chi connectivity index (χ1n) is 8.17. The van der Waals surface area contributed by atoms with Gasteiger partial charge in [0.1, 0.15) is 6.33 Å². The molecule has 0 aliphatic rings. The summed E-state index contributed by atoms with van der Waals surface area (Å²) in [4.78, 5) is 17.0. The Bertz CT molecular complexity index is 971. The molecule has 0 spiro atoms. The van der Waals surface area contributed by atoms with Gasteiger partial charge in [-0.15, -0.1) is 0 Å². The second-order valence-electron chi connectivity index (χ2n) is 5.71. The molecule has 0 unspecified atom stereocenters. The fraction of sp³-hybridized carbons (Fsp3) is 0.211. The molecule has 0 saturated carbocycles. The van der Waals surface area contributed by atoms with E-state index < -0.39 is 0 Å². The van der Waals surface area contributed by atoms with Crippen molar-refractivity contribution in [2.75, 3.05) is 14.2 Å². The van der Waals surface area contributed by atoms with Crippen molar-refractivity contribution < 1.29 is 14.3 Å². The first-order chi connectivity index (χ1) is 13.1. The average molecular weight is 387 g/mol. The van der Waals surface area contributed by atoms with Crippen molar-refractivity contribution in [3.05, 3.63) is 58.9 Å². The number of hydrogen-bond donors (Lipinski definition) is 1. The molecule has 1 aromatic heterocycles. The summed E-state index contributed by atoms with van der Waals surface area (Å²) in [6.45, 7) is 0.241. The summed E-state index contributed by atoms with van der Waals surface area (Å²) in [5, 5.41) is 7.36. The monoisotopic (exact) mass is 386 g/mol. The Labute approximate surface area is 161 Å². The molecule has 140 valence electrons.